The number of rotatable bonds is 5. The van der Waals surface area contributed by atoms with Crippen molar-refractivity contribution < 1.29 is 9.15 Å². The van der Waals surface area contributed by atoms with Gasteiger partial charge in [0.15, 0.2) is 5.58 Å². The van der Waals surface area contributed by atoms with Crippen LogP contribution in [0.5, 0.6) is 0 Å². The van der Waals surface area contributed by atoms with Crippen LogP contribution in [0.15, 0.2) is 57.7 Å². The van der Waals surface area contributed by atoms with Crippen LogP contribution in [0.25, 0.3) is 33.0 Å². The van der Waals surface area contributed by atoms with Crippen LogP contribution in [0.4, 0.5) is 5.88 Å². The molecule has 0 fully saturated rings. The van der Waals surface area contributed by atoms with E-state index >= 15 is 0 Å². The number of nitrogens with zero attached hydrogens (tertiary/aromatic N) is 1. The minimum absolute atomic E-state index is 0.109. The lowest BCUT2D eigenvalue weighted by molar-refractivity contribution is 0.210. The summed E-state index contributed by atoms with van der Waals surface area (Å²) in [5.74, 6) is 0.540. The van der Waals surface area contributed by atoms with E-state index in [0.29, 0.717) is 35.0 Å². The number of hydrogen-bond donors (Lipinski definition) is 1. The number of para-hydroxylation sites is 1. The largest absolute Gasteiger partial charge is 0.439 e. The van der Waals surface area contributed by atoms with Crippen LogP contribution >= 0.6 is 11.6 Å². The van der Waals surface area contributed by atoms with Crippen LogP contribution in [-0.2, 0) is 11.8 Å². The third-order valence-corrected chi connectivity index (χ3v) is 4.88. The average Bonchev–Trinajstić information content (AvgIpc) is 3.06. The van der Waals surface area contributed by atoms with Gasteiger partial charge in [0.25, 0.3) is 5.56 Å². The van der Waals surface area contributed by atoms with Crippen molar-refractivity contribution in [2.45, 2.75) is 0 Å². The van der Waals surface area contributed by atoms with Gasteiger partial charge >= 0.3 is 0 Å². The van der Waals surface area contributed by atoms with Gasteiger partial charge in [-0.3, -0.25) is 4.79 Å². The Hall–Kier alpha value is -2.76. The molecular weight excluding hydrogens is 364 g/mol. The van der Waals surface area contributed by atoms with Crippen molar-refractivity contribution in [1.29, 1.82) is 0 Å². The predicted octanol–water partition coefficient (Wildman–Crippen LogP) is 4.66. The molecule has 0 atom stereocenters. The topological polar surface area (TPSA) is 56.4 Å². The third-order valence-electron chi connectivity index (χ3n) is 4.64. The molecule has 2 heterocycles. The quantitative estimate of drug-likeness (QED) is 0.510. The first-order valence-electron chi connectivity index (χ1n) is 8.64. The van der Waals surface area contributed by atoms with Gasteiger partial charge in [-0.2, -0.15) is 0 Å². The molecule has 2 aromatic heterocycles. The average molecular weight is 383 g/mol. The lowest BCUT2D eigenvalue weighted by atomic mass is 10.0. The van der Waals surface area contributed by atoms with Gasteiger partial charge in [-0.15, -0.1) is 0 Å². The summed E-state index contributed by atoms with van der Waals surface area (Å²) in [5, 5.41) is 5.28. The molecule has 0 bridgehead atoms. The highest BCUT2D eigenvalue weighted by molar-refractivity contribution is 6.31. The summed E-state index contributed by atoms with van der Waals surface area (Å²) < 4.78 is 12.9. The van der Waals surface area contributed by atoms with Gasteiger partial charge in [-0.25, -0.2) is 0 Å². The van der Waals surface area contributed by atoms with E-state index in [4.69, 9.17) is 20.8 Å². The Morgan fingerprint density at radius 2 is 2.00 bits per heavy atom. The fraction of sp³-hybridized carbons (Fsp3) is 0.190. The molecular formula is C21H19ClN2O3. The standard InChI is InChI=1S/C21H19ClN2O3/c1-24-16-9-4-3-8-15(16)19-18(21(24)25)17(13-6-5-7-14(22)12-13)20(27-19)23-10-11-26-2/h3-9,12,23H,10-11H2,1-2H3. The Morgan fingerprint density at radius 1 is 1.19 bits per heavy atom. The number of fused-ring (bicyclic) bond motifs is 3. The van der Waals surface area contributed by atoms with E-state index in [1.807, 2.05) is 42.5 Å². The van der Waals surface area contributed by atoms with Gasteiger partial charge in [0.05, 0.1) is 23.1 Å². The fourth-order valence-corrected chi connectivity index (χ4v) is 3.56. The normalized spacial score (nSPS) is 11.4. The number of nitrogens with one attached hydrogen (secondary N) is 1. The summed E-state index contributed by atoms with van der Waals surface area (Å²) in [4.78, 5) is 13.2. The van der Waals surface area contributed by atoms with Crippen LogP contribution < -0.4 is 10.9 Å². The number of pyridine rings is 1. The highest BCUT2D eigenvalue weighted by atomic mass is 35.5. The second-order valence-electron chi connectivity index (χ2n) is 6.32. The molecule has 4 aromatic rings. The highest BCUT2D eigenvalue weighted by Crippen LogP contribution is 2.40. The van der Waals surface area contributed by atoms with Crippen LogP contribution in [0.1, 0.15) is 0 Å². The van der Waals surface area contributed by atoms with E-state index in [0.717, 1.165) is 22.0 Å². The van der Waals surface area contributed by atoms with Crippen molar-refractivity contribution in [1.82, 2.24) is 4.57 Å². The lowest BCUT2D eigenvalue weighted by Crippen LogP contribution is -2.17. The SMILES string of the molecule is COCCNc1oc2c(c1-c1cccc(Cl)c1)c(=O)n(C)c1ccccc21. The molecule has 0 aliphatic heterocycles. The van der Waals surface area contributed by atoms with E-state index in [1.165, 1.54) is 0 Å². The van der Waals surface area contributed by atoms with E-state index in [-0.39, 0.29) is 5.56 Å². The number of benzene rings is 2. The van der Waals surface area contributed by atoms with Gasteiger partial charge in [-0.1, -0.05) is 35.9 Å². The summed E-state index contributed by atoms with van der Waals surface area (Å²) in [6.45, 7) is 1.08. The molecule has 0 saturated carbocycles. The number of furan rings is 1. The molecule has 138 valence electrons. The van der Waals surface area contributed by atoms with Gasteiger partial charge in [0.2, 0.25) is 5.88 Å². The third kappa shape index (κ3) is 2.99. The molecule has 2 aromatic carbocycles. The summed E-state index contributed by atoms with van der Waals surface area (Å²) in [5.41, 5.74) is 2.83. The number of anilines is 1. The van der Waals surface area contributed by atoms with E-state index < -0.39 is 0 Å². The lowest BCUT2D eigenvalue weighted by Gasteiger charge is -2.07. The number of methoxy groups -OCH3 is 1. The number of ether oxygens (including phenoxy) is 1. The van der Waals surface area contributed by atoms with Crippen molar-refractivity contribution in [2.24, 2.45) is 7.05 Å². The molecule has 0 aliphatic carbocycles. The maximum absolute atomic E-state index is 13.2. The van der Waals surface area contributed by atoms with Crippen LogP contribution in [0, 0.1) is 0 Å². The smallest absolute Gasteiger partial charge is 0.262 e. The zero-order valence-electron chi connectivity index (χ0n) is 15.1. The molecule has 0 spiro atoms. The zero-order valence-corrected chi connectivity index (χ0v) is 15.8. The van der Waals surface area contributed by atoms with Gasteiger partial charge < -0.3 is 19.0 Å². The van der Waals surface area contributed by atoms with Crippen molar-refractivity contribution in [3.63, 3.8) is 0 Å². The first kappa shape index (κ1) is 17.6. The fourth-order valence-electron chi connectivity index (χ4n) is 3.37. The van der Waals surface area contributed by atoms with E-state index in [2.05, 4.69) is 5.32 Å². The first-order valence-corrected chi connectivity index (χ1v) is 9.02. The Labute approximate surface area is 161 Å². The number of hydrogen-bond acceptors (Lipinski definition) is 4. The monoisotopic (exact) mass is 382 g/mol. The molecule has 4 rings (SSSR count). The van der Waals surface area contributed by atoms with E-state index in [9.17, 15) is 4.79 Å². The summed E-state index contributed by atoms with van der Waals surface area (Å²) in [7, 11) is 3.42. The predicted molar refractivity (Wildman–Crippen MR) is 110 cm³/mol. The highest BCUT2D eigenvalue weighted by Gasteiger charge is 2.22. The van der Waals surface area contributed by atoms with Gasteiger partial charge in [-0.05, 0) is 29.8 Å². The summed E-state index contributed by atoms with van der Waals surface area (Å²) >= 11 is 6.20. The second-order valence-corrected chi connectivity index (χ2v) is 6.76. The molecule has 6 heteroatoms. The zero-order chi connectivity index (χ0) is 19.0. The second kappa shape index (κ2) is 7.10. The van der Waals surface area contributed by atoms with Crippen LogP contribution in [0.3, 0.4) is 0 Å². The van der Waals surface area contributed by atoms with Crippen molar-refractivity contribution in [2.75, 3.05) is 25.6 Å². The Morgan fingerprint density at radius 3 is 2.78 bits per heavy atom. The maximum atomic E-state index is 13.2. The summed E-state index contributed by atoms with van der Waals surface area (Å²) in [6, 6.07) is 15.1. The molecule has 27 heavy (non-hydrogen) atoms. The van der Waals surface area contributed by atoms with Crippen molar-refractivity contribution in [3.8, 4) is 11.1 Å². The molecule has 0 amide bonds. The van der Waals surface area contributed by atoms with Crippen LogP contribution in [0.2, 0.25) is 5.02 Å². The Kier molecular flexibility index (Phi) is 4.64. The van der Waals surface area contributed by atoms with E-state index in [1.54, 1.807) is 24.8 Å². The minimum Gasteiger partial charge on any atom is -0.439 e. The van der Waals surface area contributed by atoms with Gasteiger partial charge in [0.1, 0.15) is 0 Å². The maximum Gasteiger partial charge on any atom is 0.262 e. The molecule has 0 aliphatic rings. The molecule has 0 unspecified atom stereocenters. The van der Waals surface area contributed by atoms with Crippen molar-refractivity contribution in [3.05, 3.63) is 63.9 Å². The molecule has 1 N–H and O–H groups in total. The Balaban J connectivity index is 2.09. The minimum atomic E-state index is -0.109. The number of aromatic nitrogens is 1. The summed E-state index contributed by atoms with van der Waals surface area (Å²) in [6.07, 6.45) is 0. The van der Waals surface area contributed by atoms with Gasteiger partial charge in [0, 0.05) is 31.1 Å². The first-order chi connectivity index (χ1) is 13.1. The Bertz CT molecular complexity index is 1190. The molecule has 0 radical (unpaired) electrons. The molecule has 0 saturated heterocycles. The number of aryl methyl sites for hydroxylation is 1. The van der Waals surface area contributed by atoms with Crippen LogP contribution in [-0.4, -0.2) is 24.8 Å². The number of halogens is 1. The van der Waals surface area contributed by atoms with Crippen molar-refractivity contribution >= 4 is 39.4 Å². The molecule has 5 nitrogen and oxygen atoms in total.